The highest BCUT2D eigenvalue weighted by molar-refractivity contribution is 7.76. The molecule has 1 saturated heterocycles. The highest BCUT2D eigenvalue weighted by atomic mass is 31.2. The zero-order chi connectivity index (χ0) is 18.1. The molecule has 130 valence electrons. The SMILES string of the molecule is Cc1cn([C@H]2CC(N=[N+]=[N-])[C@@H](CC(=O)[P+](O)(O)O)O2)c(=O)[nH]c1=O. The van der Waals surface area contributed by atoms with E-state index in [1.165, 1.54) is 13.1 Å². The van der Waals surface area contributed by atoms with Gasteiger partial charge in [-0.2, -0.15) is 14.7 Å². The molecule has 1 fully saturated rings. The summed E-state index contributed by atoms with van der Waals surface area (Å²) in [5, 5.41) is 3.47. The lowest BCUT2D eigenvalue weighted by molar-refractivity contribution is -0.117. The van der Waals surface area contributed by atoms with Crippen molar-refractivity contribution in [1.29, 1.82) is 0 Å². The first-order chi connectivity index (χ1) is 11.1. The normalized spacial score (nSPS) is 23.8. The zero-order valence-electron chi connectivity index (χ0n) is 12.4. The van der Waals surface area contributed by atoms with Gasteiger partial charge < -0.3 is 4.74 Å². The Morgan fingerprint density at radius 2 is 2.21 bits per heavy atom. The van der Waals surface area contributed by atoms with Crippen molar-refractivity contribution in [2.45, 2.75) is 38.1 Å². The Morgan fingerprint density at radius 1 is 1.54 bits per heavy atom. The second-order valence-electron chi connectivity index (χ2n) is 5.28. The maximum absolute atomic E-state index is 11.9. The fraction of sp³-hybridized carbons (Fsp3) is 0.545. The summed E-state index contributed by atoms with van der Waals surface area (Å²) in [6.07, 6.45) is -1.28. The summed E-state index contributed by atoms with van der Waals surface area (Å²) in [4.78, 5) is 66.5. The van der Waals surface area contributed by atoms with Crippen LogP contribution in [0, 0.1) is 6.92 Å². The second kappa shape index (κ2) is 6.81. The van der Waals surface area contributed by atoms with E-state index in [0.717, 1.165) is 4.57 Å². The number of nitrogens with zero attached hydrogens (tertiary/aromatic N) is 4. The van der Waals surface area contributed by atoms with Crippen molar-refractivity contribution >= 4 is 13.5 Å². The molecular weight excluding hydrogens is 345 g/mol. The van der Waals surface area contributed by atoms with Crippen molar-refractivity contribution in [1.82, 2.24) is 9.55 Å². The molecule has 1 aliphatic rings. The number of hydrogen-bond acceptors (Lipinski definition) is 8. The summed E-state index contributed by atoms with van der Waals surface area (Å²) in [5.74, 6) is 0. The minimum absolute atomic E-state index is 0.0289. The van der Waals surface area contributed by atoms with Gasteiger partial charge in [-0.3, -0.25) is 14.3 Å². The summed E-state index contributed by atoms with van der Waals surface area (Å²) >= 11 is 0. The van der Waals surface area contributed by atoms with Gasteiger partial charge in [-0.05, 0) is 12.5 Å². The lowest BCUT2D eigenvalue weighted by Gasteiger charge is -2.15. The summed E-state index contributed by atoms with van der Waals surface area (Å²) in [5.41, 5.74) is 6.31. The Kier molecular flexibility index (Phi) is 5.19. The first-order valence-electron chi connectivity index (χ1n) is 6.76. The third-order valence-electron chi connectivity index (χ3n) is 3.57. The smallest absolute Gasteiger partial charge is 0.354 e. The van der Waals surface area contributed by atoms with Gasteiger partial charge in [0.15, 0.2) is 0 Å². The highest BCUT2D eigenvalue weighted by Gasteiger charge is 2.47. The molecule has 1 aromatic rings. The van der Waals surface area contributed by atoms with Crippen molar-refractivity contribution in [3.63, 3.8) is 0 Å². The van der Waals surface area contributed by atoms with Crippen LogP contribution < -0.4 is 11.2 Å². The van der Waals surface area contributed by atoms with E-state index >= 15 is 0 Å². The molecule has 0 amide bonds. The first-order valence-corrected chi connectivity index (χ1v) is 8.40. The number of aryl methyl sites for hydroxylation is 1. The van der Waals surface area contributed by atoms with Crippen molar-refractivity contribution < 1.29 is 24.2 Å². The van der Waals surface area contributed by atoms with Crippen LogP contribution in [0.25, 0.3) is 10.4 Å². The van der Waals surface area contributed by atoms with Crippen LogP contribution in [0.2, 0.25) is 0 Å². The molecule has 12 nitrogen and oxygen atoms in total. The number of rotatable bonds is 5. The number of ether oxygens (including phenoxy) is 1. The summed E-state index contributed by atoms with van der Waals surface area (Å²) in [7, 11) is -4.69. The van der Waals surface area contributed by atoms with Crippen molar-refractivity contribution in [2.75, 3.05) is 0 Å². The molecule has 3 atom stereocenters. The Balaban J connectivity index is 2.29. The van der Waals surface area contributed by atoms with Gasteiger partial charge in [0.25, 0.3) is 5.56 Å². The number of carbonyl (C=O) groups is 1. The lowest BCUT2D eigenvalue weighted by atomic mass is 10.1. The van der Waals surface area contributed by atoms with Crippen LogP contribution in [0.1, 0.15) is 24.6 Å². The number of azide groups is 1. The van der Waals surface area contributed by atoms with Gasteiger partial charge in [-0.1, -0.05) is 5.11 Å². The van der Waals surface area contributed by atoms with E-state index in [1.54, 1.807) is 0 Å². The molecule has 0 spiro atoms. The fourth-order valence-corrected chi connectivity index (χ4v) is 2.78. The average molecular weight is 360 g/mol. The molecule has 0 aromatic carbocycles. The van der Waals surface area contributed by atoms with Crippen LogP contribution >= 0.6 is 7.94 Å². The number of aromatic amines is 1. The van der Waals surface area contributed by atoms with Crippen molar-refractivity contribution in [3.05, 3.63) is 43.0 Å². The average Bonchev–Trinajstić information content (AvgIpc) is 2.85. The zero-order valence-corrected chi connectivity index (χ0v) is 13.3. The van der Waals surface area contributed by atoms with E-state index in [1.807, 2.05) is 0 Å². The van der Waals surface area contributed by atoms with Gasteiger partial charge in [0.1, 0.15) is 6.23 Å². The summed E-state index contributed by atoms with van der Waals surface area (Å²) in [6, 6.07) is -0.866. The number of carbonyl (C=O) groups excluding carboxylic acids is 1. The molecule has 13 heteroatoms. The Labute approximate surface area is 134 Å². The van der Waals surface area contributed by atoms with Crippen LogP contribution in [0.5, 0.6) is 0 Å². The predicted octanol–water partition coefficient (Wildman–Crippen LogP) is -0.532. The molecule has 1 aromatic heterocycles. The summed E-state index contributed by atoms with van der Waals surface area (Å²) < 4.78 is 6.58. The molecule has 0 radical (unpaired) electrons. The van der Waals surface area contributed by atoms with Gasteiger partial charge in [0.05, 0.1) is 18.6 Å². The van der Waals surface area contributed by atoms with Gasteiger partial charge in [-0.25, -0.2) is 9.59 Å². The number of H-pyrrole nitrogens is 1. The molecule has 2 rings (SSSR count). The van der Waals surface area contributed by atoms with Crippen LogP contribution in [0.15, 0.2) is 20.9 Å². The molecular formula is C11H15N5O7P+. The lowest BCUT2D eigenvalue weighted by Crippen LogP contribution is -2.33. The monoisotopic (exact) mass is 360 g/mol. The van der Waals surface area contributed by atoms with Crippen LogP contribution in [-0.2, 0) is 9.53 Å². The van der Waals surface area contributed by atoms with Crippen LogP contribution in [0.3, 0.4) is 0 Å². The molecule has 0 aliphatic carbocycles. The molecule has 4 N–H and O–H groups in total. The highest BCUT2D eigenvalue weighted by Crippen LogP contribution is 2.48. The Bertz CT molecular complexity index is 806. The fourth-order valence-electron chi connectivity index (χ4n) is 2.35. The van der Waals surface area contributed by atoms with E-state index in [4.69, 9.17) is 24.9 Å². The molecule has 1 aliphatic heterocycles. The van der Waals surface area contributed by atoms with E-state index < -0.39 is 49.5 Å². The second-order valence-corrected chi connectivity index (χ2v) is 6.92. The predicted molar refractivity (Wildman–Crippen MR) is 80.7 cm³/mol. The maximum atomic E-state index is 11.9. The van der Waals surface area contributed by atoms with Gasteiger partial charge >= 0.3 is 19.2 Å². The standard InChI is InChI=1S/C11H14N5O7P/c1-5-4-16(11(19)13-10(5)18)8-2-6(14-15-12)7(23-8)3-9(17)24(20,21)22/h4,6-8,20-22H,2-3H2,1H3/p+1/t6?,7-,8-/m1/s1. The molecule has 0 saturated carbocycles. The Hall–Kier alpha value is -2.07. The number of hydrogen-bond donors (Lipinski definition) is 4. The Morgan fingerprint density at radius 3 is 2.79 bits per heavy atom. The number of nitrogens with one attached hydrogen (secondary N) is 1. The number of aromatic nitrogens is 2. The van der Waals surface area contributed by atoms with Crippen molar-refractivity contribution in [2.24, 2.45) is 5.11 Å². The summed E-state index contributed by atoms with van der Waals surface area (Å²) in [6.45, 7) is 1.48. The van der Waals surface area contributed by atoms with Gasteiger partial charge in [0.2, 0.25) is 0 Å². The van der Waals surface area contributed by atoms with E-state index in [2.05, 4.69) is 15.0 Å². The third-order valence-corrected chi connectivity index (χ3v) is 4.42. The topological polar surface area (TPSA) is 191 Å². The molecule has 0 bridgehead atoms. The maximum Gasteiger partial charge on any atom is 0.478 e. The molecule has 1 unspecified atom stereocenters. The minimum atomic E-state index is -4.69. The minimum Gasteiger partial charge on any atom is -0.354 e. The van der Waals surface area contributed by atoms with E-state index in [9.17, 15) is 14.4 Å². The van der Waals surface area contributed by atoms with E-state index in [0.29, 0.717) is 0 Å². The third kappa shape index (κ3) is 3.88. The molecule has 24 heavy (non-hydrogen) atoms. The first kappa shape index (κ1) is 18.3. The van der Waals surface area contributed by atoms with E-state index in [-0.39, 0.29) is 12.0 Å². The molecule has 2 heterocycles. The van der Waals surface area contributed by atoms with Gasteiger partial charge in [-0.15, -0.1) is 0 Å². The van der Waals surface area contributed by atoms with Crippen LogP contribution in [-0.4, -0.2) is 41.9 Å². The van der Waals surface area contributed by atoms with Gasteiger partial charge in [0, 0.05) is 23.1 Å². The van der Waals surface area contributed by atoms with Crippen molar-refractivity contribution in [3.8, 4) is 0 Å². The quantitative estimate of drug-likeness (QED) is 0.234. The largest absolute Gasteiger partial charge is 0.478 e. The van der Waals surface area contributed by atoms with Crippen LogP contribution in [0.4, 0.5) is 0 Å².